The van der Waals surface area contributed by atoms with Gasteiger partial charge in [-0.25, -0.2) is 0 Å². The molecule has 0 saturated carbocycles. The van der Waals surface area contributed by atoms with Crippen molar-refractivity contribution >= 4 is 29.6 Å². The quantitative estimate of drug-likeness (QED) is 0.135. The van der Waals surface area contributed by atoms with Crippen LogP contribution in [-0.2, 0) is 24.0 Å². The fourth-order valence-electron chi connectivity index (χ4n) is 3.63. The first kappa shape index (κ1) is 33.3. The van der Waals surface area contributed by atoms with Crippen molar-refractivity contribution in [1.82, 2.24) is 16.0 Å². The Morgan fingerprint density at radius 1 is 0.806 bits per heavy atom. The lowest BCUT2D eigenvalue weighted by Gasteiger charge is -2.30. The molecule has 36 heavy (non-hydrogen) atoms. The number of nitrogens with one attached hydrogen (secondary N) is 3. The molecule has 0 aliphatic heterocycles. The van der Waals surface area contributed by atoms with Crippen molar-refractivity contribution in [3.05, 3.63) is 0 Å². The summed E-state index contributed by atoms with van der Waals surface area (Å²) in [7, 11) is 0. The van der Waals surface area contributed by atoms with Crippen LogP contribution >= 0.6 is 0 Å². The number of nitrogens with two attached hydrogens (primary N) is 2. The molecule has 0 fully saturated rings. The van der Waals surface area contributed by atoms with E-state index in [4.69, 9.17) is 16.6 Å². The largest absolute Gasteiger partial charge is 0.481 e. The third kappa shape index (κ3) is 13.4. The van der Waals surface area contributed by atoms with E-state index in [1.54, 1.807) is 13.8 Å². The lowest BCUT2D eigenvalue weighted by atomic mass is 9.93. The van der Waals surface area contributed by atoms with Gasteiger partial charge in [0.15, 0.2) is 0 Å². The average molecular weight is 516 g/mol. The molecule has 5 atom stereocenters. The Morgan fingerprint density at radius 3 is 1.81 bits per heavy atom. The summed E-state index contributed by atoms with van der Waals surface area (Å²) < 4.78 is 0. The van der Waals surface area contributed by atoms with Gasteiger partial charge in [-0.05, 0) is 37.0 Å². The van der Waals surface area contributed by atoms with Crippen LogP contribution in [0, 0.1) is 17.8 Å². The molecule has 0 heterocycles. The van der Waals surface area contributed by atoms with Crippen molar-refractivity contribution in [1.29, 1.82) is 0 Å². The van der Waals surface area contributed by atoms with Crippen LogP contribution < -0.4 is 27.4 Å². The molecule has 12 nitrogen and oxygen atoms in total. The zero-order chi connectivity index (χ0) is 28.2. The highest BCUT2D eigenvalue weighted by molar-refractivity contribution is 5.95. The van der Waals surface area contributed by atoms with Crippen molar-refractivity contribution in [2.45, 2.75) is 104 Å². The lowest BCUT2D eigenvalue weighted by Crippen LogP contribution is -2.59. The second-order valence-electron chi connectivity index (χ2n) is 10.4. The molecule has 0 saturated heterocycles. The van der Waals surface area contributed by atoms with E-state index in [-0.39, 0.29) is 24.7 Å². The lowest BCUT2D eigenvalue weighted by molar-refractivity contribution is -0.137. The van der Waals surface area contributed by atoms with Crippen molar-refractivity contribution in [2.75, 3.05) is 0 Å². The number of carboxylic acid groups (broad SMARTS) is 1. The molecule has 4 amide bonds. The second-order valence-corrected chi connectivity index (χ2v) is 10.4. The van der Waals surface area contributed by atoms with Gasteiger partial charge in [0.2, 0.25) is 23.6 Å². The summed E-state index contributed by atoms with van der Waals surface area (Å²) in [6.07, 6.45) is -0.798. The Hall–Kier alpha value is -2.73. The van der Waals surface area contributed by atoms with E-state index >= 15 is 0 Å². The number of hydrogen-bond donors (Lipinski definition) is 7. The fourth-order valence-corrected chi connectivity index (χ4v) is 3.63. The number of aliphatic hydroxyl groups is 1. The zero-order valence-electron chi connectivity index (χ0n) is 22.2. The van der Waals surface area contributed by atoms with Gasteiger partial charge in [-0.2, -0.15) is 0 Å². The standard InChI is InChI=1S/C24H45N5O7/c1-12(2)9-16(18(30)10-13(3)4)27-23(35)17(11-19(26)31)28-24(36)21(14(5)6)29-22(34)15(25)7-8-20(32)33/h12-18,21,30H,7-11,25H2,1-6H3,(H2,26,31)(H,27,35)(H,28,36)(H,29,34)(H,32,33)/t15-,16-,17-,18?,21-/m0/s1. The Bertz CT molecular complexity index is 757. The topological polar surface area (TPSA) is 214 Å². The van der Waals surface area contributed by atoms with E-state index in [0.29, 0.717) is 12.8 Å². The second kappa shape index (κ2) is 16.1. The first-order chi connectivity index (χ1) is 16.5. The fraction of sp³-hybridized carbons (Fsp3) is 0.792. The first-order valence-corrected chi connectivity index (χ1v) is 12.4. The molecule has 208 valence electrons. The summed E-state index contributed by atoms with van der Waals surface area (Å²) in [6.45, 7) is 11.1. The monoisotopic (exact) mass is 515 g/mol. The molecule has 0 bridgehead atoms. The van der Waals surface area contributed by atoms with E-state index in [2.05, 4.69) is 16.0 Å². The van der Waals surface area contributed by atoms with E-state index in [1.807, 2.05) is 27.7 Å². The van der Waals surface area contributed by atoms with Gasteiger partial charge in [0.25, 0.3) is 0 Å². The van der Waals surface area contributed by atoms with Crippen LogP contribution in [0.25, 0.3) is 0 Å². The maximum Gasteiger partial charge on any atom is 0.303 e. The number of amides is 4. The van der Waals surface area contributed by atoms with Crippen LogP contribution in [0.4, 0.5) is 0 Å². The highest BCUT2D eigenvalue weighted by Crippen LogP contribution is 2.15. The highest BCUT2D eigenvalue weighted by atomic mass is 16.4. The average Bonchev–Trinajstić information content (AvgIpc) is 2.72. The molecule has 0 radical (unpaired) electrons. The minimum absolute atomic E-state index is 0.115. The molecule has 1 unspecified atom stereocenters. The zero-order valence-corrected chi connectivity index (χ0v) is 22.2. The van der Waals surface area contributed by atoms with E-state index in [0.717, 1.165) is 0 Å². The number of carbonyl (C=O) groups is 5. The van der Waals surface area contributed by atoms with E-state index in [1.165, 1.54) is 0 Å². The smallest absolute Gasteiger partial charge is 0.303 e. The van der Waals surface area contributed by atoms with Crippen LogP contribution in [-0.4, -0.2) is 70.1 Å². The van der Waals surface area contributed by atoms with Gasteiger partial charge in [0.05, 0.1) is 24.6 Å². The van der Waals surface area contributed by atoms with Gasteiger partial charge in [-0.3, -0.25) is 24.0 Å². The number of primary amides is 1. The predicted octanol–water partition coefficient (Wildman–Crippen LogP) is -0.383. The molecule has 0 aromatic heterocycles. The maximum absolute atomic E-state index is 13.1. The SMILES string of the molecule is CC(C)CC(O)[C@H](CC(C)C)NC(=O)[C@H](CC(N)=O)NC(=O)[C@@H](NC(=O)[C@@H](N)CCC(=O)O)C(C)C. The highest BCUT2D eigenvalue weighted by Gasteiger charge is 2.32. The van der Waals surface area contributed by atoms with Crippen LogP contribution in [0.3, 0.4) is 0 Å². The number of hydrogen-bond acceptors (Lipinski definition) is 7. The molecule has 0 aromatic carbocycles. The Labute approximate surface area is 213 Å². The van der Waals surface area contributed by atoms with Gasteiger partial charge in [-0.15, -0.1) is 0 Å². The molecular weight excluding hydrogens is 470 g/mol. The number of aliphatic hydroxyl groups excluding tert-OH is 1. The van der Waals surface area contributed by atoms with E-state index in [9.17, 15) is 29.1 Å². The number of rotatable bonds is 17. The van der Waals surface area contributed by atoms with Crippen LogP contribution in [0.5, 0.6) is 0 Å². The minimum atomic E-state index is -1.32. The third-order valence-corrected chi connectivity index (χ3v) is 5.52. The van der Waals surface area contributed by atoms with Crippen molar-refractivity contribution < 1.29 is 34.2 Å². The Balaban J connectivity index is 5.56. The van der Waals surface area contributed by atoms with Crippen molar-refractivity contribution in [2.24, 2.45) is 29.2 Å². The maximum atomic E-state index is 13.1. The summed E-state index contributed by atoms with van der Waals surface area (Å²) in [5, 5.41) is 27.1. The number of carboxylic acids is 1. The van der Waals surface area contributed by atoms with Gasteiger partial charge >= 0.3 is 5.97 Å². The van der Waals surface area contributed by atoms with Crippen LogP contribution in [0.1, 0.15) is 73.6 Å². The summed E-state index contributed by atoms with van der Waals surface area (Å²) in [4.78, 5) is 60.8. The van der Waals surface area contributed by atoms with Gasteiger partial charge in [0.1, 0.15) is 12.1 Å². The summed E-state index contributed by atoms with van der Waals surface area (Å²) in [5.74, 6) is -4.12. The van der Waals surface area contributed by atoms with Gasteiger partial charge < -0.3 is 37.6 Å². The molecule has 12 heteroatoms. The molecule has 0 aliphatic carbocycles. The Morgan fingerprint density at radius 2 is 1.36 bits per heavy atom. The Kier molecular flexibility index (Phi) is 14.9. The van der Waals surface area contributed by atoms with E-state index < -0.39 is 72.2 Å². The molecule has 0 aliphatic rings. The minimum Gasteiger partial charge on any atom is -0.481 e. The number of carbonyl (C=O) groups excluding carboxylic acids is 4. The van der Waals surface area contributed by atoms with Crippen molar-refractivity contribution in [3.8, 4) is 0 Å². The summed E-state index contributed by atoms with van der Waals surface area (Å²) in [6, 6.07) is -4.16. The first-order valence-electron chi connectivity index (χ1n) is 12.4. The molecule has 9 N–H and O–H groups in total. The van der Waals surface area contributed by atoms with Crippen molar-refractivity contribution in [3.63, 3.8) is 0 Å². The molecule has 0 rings (SSSR count). The normalized spacial score (nSPS) is 15.6. The van der Waals surface area contributed by atoms with Crippen LogP contribution in [0.15, 0.2) is 0 Å². The van der Waals surface area contributed by atoms with Gasteiger partial charge in [-0.1, -0.05) is 41.5 Å². The van der Waals surface area contributed by atoms with Crippen LogP contribution in [0.2, 0.25) is 0 Å². The molecule has 0 spiro atoms. The molecule has 0 aromatic rings. The third-order valence-electron chi connectivity index (χ3n) is 5.52. The predicted molar refractivity (Wildman–Crippen MR) is 134 cm³/mol. The molecular formula is C24H45N5O7. The number of aliphatic carboxylic acids is 1. The summed E-state index contributed by atoms with van der Waals surface area (Å²) in [5.41, 5.74) is 11.0. The van der Waals surface area contributed by atoms with Gasteiger partial charge in [0, 0.05) is 6.42 Å². The summed E-state index contributed by atoms with van der Waals surface area (Å²) >= 11 is 0.